The van der Waals surface area contributed by atoms with Crippen LogP contribution >= 0.6 is 0 Å². The van der Waals surface area contributed by atoms with Gasteiger partial charge in [0.2, 0.25) is 5.89 Å². The number of nitrogens with zero attached hydrogens (tertiary/aromatic N) is 1. The van der Waals surface area contributed by atoms with Gasteiger partial charge in [-0.3, -0.25) is 0 Å². The molecule has 0 spiro atoms. The molecule has 0 bridgehead atoms. The predicted octanol–water partition coefficient (Wildman–Crippen LogP) is 3.03. The molecule has 17 heavy (non-hydrogen) atoms. The van der Waals surface area contributed by atoms with Crippen molar-refractivity contribution < 1.29 is 4.42 Å². The first-order valence-electron chi connectivity index (χ1n) is 5.77. The van der Waals surface area contributed by atoms with Crippen molar-refractivity contribution in [2.24, 2.45) is 5.73 Å². The lowest BCUT2D eigenvalue weighted by Gasteiger charge is -2.12. The van der Waals surface area contributed by atoms with Crippen molar-refractivity contribution in [3.63, 3.8) is 0 Å². The van der Waals surface area contributed by atoms with Crippen molar-refractivity contribution in [1.82, 2.24) is 4.98 Å². The lowest BCUT2D eigenvalue weighted by atomic mass is 9.93. The van der Waals surface area contributed by atoms with Crippen molar-refractivity contribution in [3.05, 3.63) is 40.4 Å². The van der Waals surface area contributed by atoms with Crippen LogP contribution in [-0.4, -0.2) is 4.98 Å². The molecule has 0 aliphatic carbocycles. The molecular formula is C14H18N2O. The molecule has 1 aromatic carbocycles. The Hall–Kier alpha value is -1.61. The molecule has 0 aliphatic heterocycles. The van der Waals surface area contributed by atoms with E-state index >= 15 is 0 Å². The van der Waals surface area contributed by atoms with E-state index in [2.05, 4.69) is 38.7 Å². The summed E-state index contributed by atoms with van der Waals surface area (Å²) in [7, 11) is 0. The Bertz CT molecular complexity index is 529. The van der Waals surface area contributed by atoms with Crippen LogP contribution in [0.2, 0.25) is 0 Å². The van der Waals surface area contributed by atoms with Crippen LogP contribution in [0.4, 0.5) is 0 Å². The van der Waals surface area contributed by atoms with Crippen LogP contribution in [0.5, 0.6) is 0 Å². The van der Waals surface area contributed by atoms with Crippen molar-refractivity contribution in [1.29, 1.82) is 0 Å². The molecule has 2 N–H and O–H groups in total. The Morgan fingerprint density at radius 2 is 1.71 bits per heavy atom. The summed E-state index contributed by atoms with van der Waals surface area (Å²) in [6, 6.07) is 2.20. The third kappa shape index (κ3) is 1.98. The zero-order valence-electron chi connectivity index (χ0n) is 10.8. The standard InChI is InChI=1S/C14H18N2O/c1-8-5-9(2)11(4)14(10(8)3)12-7-16-13(6-15)17-12/h5,7H,6,15H2,1-4H3. The zero-order valence-corrected chi connectivity index (χ0v) is 10.8. The number of rotatable bonds is 2. The van der Waals surface area contributed by atoms with Crippen molar-refractivity contribution in [2.45, 2.75) is 34.2 Å². The summed E-state index contributed by atoms with van der Waals surface area (Å²) < 4.78 is 5.65. The second-order valence-corrected chi connectivity index (χ2v) is 4.46. The van der Waals surface area contributed by atoms with E-state index in [9.17, 15) is 0 Å². The molecule has 0 aliphatic rings. The third-order valence-electron chi connectivity index (χ3n) is 3.34. The minimum atomic E-state index is 0.336. The van der Waals surface area contributed by atoms with Crippen molar-refractivity contribution in [3.8, 4) is 11.3 Å². The number of nitrogens with two attached hydrogens (primary N) is 1. The summed E-state index contributed by atoms with van der Waals surface area (Å²) in [5.41, 5.74) is 11.7. The highest BCUT2D eigenvalue weighted by Crippen LogP contribution is 2.31. The van der Waals surface area contributed by atoms with Gasteiger partial charge in [-0.1, -0.05) is 6.07 Å². The normalized spacial score (nSPS) is 10.9. The van der Waals surface area contributed by atoms with E-state index in [4.69, 9.17) is 10.2 Å². The number of aromatic nitrogens is 1. The lowest BCUT2D eigenvalue weighted by molar-refractivity contribution is 0.509. The van der Waals surface area contributed by atoms with Crippen LogP contribution in [0.1, 0.15) is 28.1 Å². The average molecular weight is 230 g/mol. The van der Waals surface area contributed by atoms with Gasteiger partial charge in [0.05, 0.1) is 12.7 Å². The third-order valence-corrected chi connectivity index (χ3v) is 3.34. The molecule has 90 valence electrons. The number of benzene rings is 1. The van der Waals surface area contributed by atoms with E-state index in [1.807, 2.05) is 0 Å². The summed E-state index contributed by atoms with van der Waals surface area (Å²) in [6.07, 6.45) is 1.76. The molecule has 0 amide bonds. The van der Waals surface area contributed by atoms with E-state index in [0.29, 0.717) is 12.4 Å². The fraction of sp³-hybridized carbons (Fsp3) is 0.357. The fourth-order valence-electron chi connectivity index (χ4n) is 2.11. The predicted molar refractivity (Wildman–Crippen MR) is 68.8 cm³/mol. The zero-order chi connectivity index (χ0) is 12.6. The van der Waals surface area contributed by atoms with Crippen LogP contribution < -0.4 is 5.73 Å². The molecule has 0 fully saturated rings. The van der Waals surface area contributed by atoms with Gasteiger partial charge >= 0.3 is 0 Å². The molecule has 0 radical (unpaired) electrons. The summed E-state index contributed by atoms with van der Waals surface area (Å²) in [4.78, 5) is 4.16. The monoisotopic (exact) mass is 230 g/mol. The molecule has 2 rings (SSSR count). The molecule has 0 atom stereocenters. The molecule has 3 nitrogen and oxygen atoms in total. The van der Waals surface area contributed by atoms with Crippen LogP contribution in [0.15, 0.2) is 16.7 Å². The van der Waals surface area contributed by atoms with Gasteiger partial charge in [0.15, 0.2) is 5.76 Å². The van der Waals surface area contributed by atoms with E-state index in [-0.39, 0.29) is 0 Å². The maximum absolute atomic E-state index is 5.65. The van der Waals surface area contributed by atoms with Gasteiger partial charge in [0.25, 0.3) is 0 Å². The number of oxazole rings is 1. The van der Waals surface area contributed by atoms with Crippen LogP contribution in [0, 0.1) is 27.7 Å². The molecule has 0 saturated carbocycles. The van der Waals surface area contributed by atoms with Crippen molar-refractivity contribution in [2.75, 3.05) is 0 Å². The Morgan fingerprint density at radius 1 is 1.12 bits per heavy atom. The quantitative estimate of drug-likeness (QED) is 0.862. The summed E-state index contributed by atoms with van der Waals surface area (Å²) >= 11 is 0. The SMILES string of the molecule is Cc1cc(C)c(C)c(-c2cnc(CN)o2)c1C. The smallest absolute Gasteiger partial charge is 0.208 e. The number of aryl methyl sites for hydroxylation is 2. The fourth-order valence-corrected chi connectivity index (χ4v) is 2.11. The highest BCUT2D eigenvalue weighted by molar-refractivity contribution is 5.68. The summed E-state index contributed by atoms with van der Waals surface area (Å²) in [5.74, 6) is 1.39. The Morgan fingerprint density at radius 3 is 2.18 bits per heavy atom. The topological polar surface area (TPSA) is 52.0 Å². The summed E-state index contributed by atoms with van der Waals surface area (Å²) in [6.45, 7) is 8.79. The first kappa shape index (κ1) is 11.9. The Balaban J connectivity index is 2.65. The van der Waals surface area contributed by atoms with Gasteiger partial charge in [-0.25, -0.2) is 4.98 Å². The molecule has 2 aromatic rings. The molecule has 1 aromatic heterocycles. The Labute approximate surface area is 102 Å². The maximum Gasteiger partial charge on any atom is 0.208 e. The lowest BCUT2D eigenvalue weighted by Crippen LogP contribution is -1.95. The average Bonchev–Trinajstić information content (AvgIpc) is 2.75. The van der Waals surface area contributed by atoms with Crippen LogP contribution in [0.25, 0.3) is 11.3 Å². The minimum absolute atomic E-state index is 0.336. The van der Waals surface area contributed by atoms with E-state index in [1.54, 1.807) is 6.20 Å². The molecule has 0 saturated heterocycles. The maximum atomic E-state index is 5.65. The first-order valence-corrected chi connectivity index (χ1v) is 5.77. The number of hydrogen-bond donors (Lipinski definition) is 1. The Kier molecular flexibility index (Phi) is 3.03. The van der Waals surface area contributed by atoms with Gasteiger partial charge in [-0.15, -0.1) is 0 Å². The second-order valence-electron chi connectivity index (χ2n) is 4.46. The summed E-state index contributed by atoms with van der Waals surface area (Å²) in [5, 5.41) is 0. The van der Waals surface area contributed by atoms with E-state index in [0.717, 1.165) is 11.3 Å². The molecule has 3 heteroatoms. The van der Waals surface area contributed by atoms with Gasteiger partial charge in [-0.2, -0.15) is 0 Å². The number of hydrogen-bond acceptors (Lipinski definition) is 3. The molecule has 1 heterocycles. The molecule has 0 unspecified atom stereocenters. The van der Waals surface area contributed by atoms with Gasteiger partial charge in [0, 0.05) is 5.56 Å². The van der Waals surface area contributed by atoms with E-state index in [1.165, 1.54) is 22.3 Å². The molecular weight excluding hydrogens is 212 g/mol. The highest BCUT2D eigenvalue weighted by atomic mass is 16.4. The first-order chi connectivity index (χ1) is 8.04. The minimum Gasteiger partial charge on any atom is -0.439 e. The largest absolute Gasteiger partial charge is 0.439 e. The van der Waals surface area contributed by atoms with Gasteiger partial charge < -0.3 is 10.2 Å². The highest BCUT2D eigenvalue weighted by Gasteiger charge is 2.14. The van der Waals surface area contributed by atoms with Gasteiger partial charge in [0.1, 0.15) is 0 Å². The van der Waals surface area contributed by atoms with Crippen molar-refractivity contribution >= 4 is 0 Å². The second kappa shape index (κ2) is 4.34. The van der Waals surface area contributed by atoms with Gasteiger partial charge in [-0.05, 0) is 49.9 Å². The van der Waals surface area contributed by atoms with Crippen LogP contribution in [-0.2, 0) is 6.54 Å². The van der Waals surface area contributed by atoms with E-state index < -0.39 is 0 Å². The van der Waals surface area contributed by atoms with Crippen LogP contribution in [0.3, 0.4) is 0 Å².